The summed E-state index contributed by atoms with van der Waals surface area (Å²) < 4.78 is 68.1. The zero-order valence-corrected chi connectivity index (χ0v) is 27.4. The van der Waals surface area contributed by atoms with Crippen LogP contribution in [-0.4, -0.2) is 75.1 Å². The molecule has 4 aliphatic heterocycles. The van der Waals surface area contributed by atoms with Crippen LogP contribution in [0.2, 0.25) is 0 Å². The highest BCUT2D eigenvalue weighted by Crippen LogP contribution is 2.46. The van der Waals surface area contributed by atoms with E-state index in [2.05, 4.69) is 16.1 Å². The van der Waals surface area contributed by atoms with Gasteiger partial charge in [-0.05, 0) is 67.8 Å². The van der Waals surface area contributed by atoms with E-state index in [1.165, 1.54) is 6.07 Å². The first-order valence-electron chi connectivity index (χ1n) is 16.9. The van der Waals surface area contributed by atoms with Gasteiger partial charge in [0.15, 0.2) is 5.82 Å². The predicted molar refractivity (Wildman–Crippen MR) is 184 cm³/mol. The average molecular weight is 683 g/mol. The first-order chi connectivity index (χ1) is 24.1. The molecule has 13 heteroatoms. The largest absolute Gasteiger partial charge is 0.461 e. The molecule has 0 aliphatic carbocycles. The molecule has 0 radical (unpaired) electrons. The fraction of sp³-hybridized carbons (Fsp3) is 0.378. The second-order valence-electron chi connectivity index (χ2n) is 14.2. The molecule has 6 heterocycles. The van der Waals surface area contributed by atoms with Crippen LogP contribution in [0, 0.1) is 24.0 Å². The first-order valence-corrected chi connectivity index (χ1v) is 16.9. The Balaban J connectivity index is 1.28. The highest BCUT2D eigenvalue weighted by molar-refractivity contribution is 6.18. The summed E-state index contributed by atoms with van der Waals surface area (Å²) in [5.74, 6) is 1.64. The molecule has 256 valence electrons. The maximum absolute atomic E-state index is 17.6. The number of aromatic nitrogens is 4. The third kappa shape index (κ3) is 4.72. The van der Waals surface area contributed by atoms with Crippen molar-refractivity contribution in [2.24, 2.45) is 7.05 Å². The SMILES string of the molecule is C#Cc1c(F)ccc2cc(N)cc(-c3c(F)c4nc(OC[C@@]56CCCN5CC(=C(F)F)C6)nc(N5C[C@H]6CC[C@@H](C5)N6)c4c4cn(C)nc34)c12. The fourth-order valence-corrected chi connectivity index (χ4v) is 8.89. The lowest BCUT2D eigenvalue weighted by molar-refractivity contribution is 0.108. The lowest BCUT2D eigenvalue weighted by atomic mass is 9.91. The van der Waals surface area contributed by atoms with E-state index in [4.69, 9.17) is 32.0 Å². The molecule has 4 saturated heterocycles. The number of ether oxygens (including phenoxy) is 1. The number of hydrogen-bond acceptors (Lipinski definition) is 8. The van der Waals surface area contributed by atoms with Crippen LogP contribution in [0.3, 0.4) is 0 Å². The summed E-state index contributed by atoms with van der Waals surface area (Å²) in [5.41, 5.74) is 6.87. The van der Waals surface area contributed by atoms with Gasteiger partial charge < -0.3 is 20.7 Å². The summed E-state index contributed by atoms with van der Waals surface area (Å²) in [6, 6.07) is 6.54. The van der Waals surface area contributed by atoms with Crippen LogP contribution in [0.4, 0.5) is 29.1 Å². The standard InChI is InChI=1S/C37H34F4N8O/c1-3-24-27(38)8-5-19-11-21(42)12-25(28(19)24)29-31(39)33-30(26-17-47(2)46-32(26)29)35(48-15-22-6-7-23(16-48)43-22)45-36(44-33)50-18-37-9-4-10-49(37)14-20(13-37)34(40)41/h1,5,8,11-12,17,22-23,43H,4,6-7,9-10,13-16,18,42H2,2H3/t22-,23+,37-/m0/s1. The molecular formula is C37H34F4N8O. The van der Waals surface area contributed by atoms with E-state index in [1.54, 1.807) is 36.1 Å². The Hall–Kier alpha value is -4.93. The number of piperazine rings is 1. The second kappa shape index (κ2) is 11.3. The van der Waals surface area contributed by atoms with E-state index in [0.29, 0.717) is 64.6 Å². The quantitative estimate of drug-likeness (QED) is 0.135. The van der Waals surface area contributed by atoms with Crippen molar-refractivity contribution in [1.29, 1.82) is 0 Å². The Kier molecular flexibility index (Phi) is 7.02. The monoisotopic (exact) mass is 682 g/mol. The number of terminal acetylenes is 1. The summed E-state index contributed by atoms with van der Waals surface area (Å²) in [7, 11) is 1.75. The van der Waals surface area contributed by atoms with E-state index in [0.717, 1.165) is 19.3 Å². The summed E-state index contributed by atoms with van der Waals surface area (Å²) >= 11 is 0. The van der Waals surface area contributed by atoms with Crippen LogP contribution in [0.1, 0.15) is 37.7 Å². The molecule has 4 fully saturated rings. The molecule has 0 saturated carbocycles. The van der Waals surface area contributed by atoms with Crippen LogP contribution in [0.5, 0.6) is 6.01 Å². The van der Waals surface area contributed by atoms with Crippen molar-refractivity contribution >= 4 is 44.1 Å². The van der Waals surface area contributed by atoms with Gasteiger partial charge in [-0.1, -0.05) is 12.0 Å². The van der Waals surface area contributed by atoms with Crippen LogP contribution in [0.25, 0.3) is 43.7 Å². The molecule has 0 unspecified atom stereocenters. The number of nitrogen functional groups attached to an aromatic ring is 1. The lowest BCUT2D eigenvalue weighted by Crippen LogP contribution is -2.51. The van der Waals surface area contributed by atoms with Crippen molar-refractivity contribution in [2.45, 2.75) is 49.7 Å². The van der Waals surface area contributed by atoms with Gasteiger partial charge in [0, 0.05) is 72.6 Å². The number of nitrogens with one attached hydrogen (secondary N) is 1. The van der Waals surface area contributed by atoms with Gasteiger partial charge in [0.05, 0.1) is 16.5 Å². The van der Waals surface area contributed by atoms with E-state index in [9.17, 15) is 8.78 Å². The maximum atomic E-state index is 17.6. The number of hydrogen-bond donors (Lipinski definition) is 2. The van der Waals surface area contributed by atoms with Crippen LogP contribution < -0.4 is 20.7 Å². The molecule has 9 nitrogen and oxygen atoms in total. The Morgan fingerprint density at radius 1 is 1.12 bits per heavy atom. The predicted octanol–water partition coefficient (Wildman–Crippen LogP) is 5.89. The Morgan fingerprint density at radius 3 is 2.68 bits per heavy atom. The van der Waals surface area contributed by atoms with Gasteiger partial charge in [-0.15, -0.1) is 6.42 Å². The van der Waals surface area contributed by atoms with Crippen molar-refractivity contribution < 1.29 is 22.3 Å². The molecule has 2 aromatic heterocycles. The number of rotatable bonds is 5. The summed E-state index contributed by atoms with van der Waals surface area (Å²) in [6.45, 7) is 2.28. The normalized spacial score (nSPS) is 23.4. The number of anilines is 2. The van der Waals surface area contributed by atoms with E-state index < -0.39 is 23.3 Å². The Labute approximate surface area is 285 Å². The molecule has 3 N–H and O–H groups in total. The van der Waals surface area contributed by atoms with Gasteiger partial charge in [0.1, 0.15) is 29.3 Å². The fourth-order valence-electron chi connectivity index (χ4n) is 8.89. The van der Waals surface area contributed by atoms with Gasteiger partial charge in [-0.2, -0.15) is 23.8 Å². The minimum atomic E-state index is -1.65. The summed E-state index contributed by atoms with van der Waals surface area (Å²) in [6.07, 6.45) is 9.76. The zero-order valence-electron chi connectivity index (χ0n) is 27.4. The van der Waals surface area contributed by atoms with Gasteiger partial charge >= 0.3 is 6.01 Å². The number of halogens is 4. The first kappa shape index (κ1) is 31.1. The van der Waals surface area contributed by atoms with Crippen molar-refractivity contribution in [3.63, 3.8) is 0 Å². The average Bonchev–Trinajstić information content (AvgIpc) is 3.85. The van der Waals surface area contributed by atoms with Crippen LogP contribution in [0.15, 0.2) is 42.1 Å². The highest BCUT2D eigenvalue weighted by atomic mass is 19.3. The molecule has 0 amide bonds. The number of fused-ring (bicyclic) bond motifs is 7. The molecular weight excluding hydrogens is 648 g/mol. The third-order valence-corrected chi connectivity index (χ3v) is 11.1. The van der Waals surface area contributed by atoms with Gasteiger partial charge in [-0.3, -0.25) is 9.58 Å². The third-order valence-electron chi connectivity index (χ3n) is 11.1. The molecule has 3 atom stereocenters. The maximum Gasteiger partial charge on any atom is 0.319 e. The van der Waals surface area contributed by atoms with E-state index in [-0.39, 0.29) is 65.4 Å². The molecule has 4 aliphatic rings. The Morgan fingerprint density at radius 2 is 1.92 bits per heavy atom. The topological polar surface area (TPSA) is 97.4 Å². The molecule has 50 heavy (non-hydrogen) atoms. The van der Waals surface area contributed by atoms with Crippen LogP contribution in [-0.2, 0) is 7.05 Å². The molecule has 3 aromatic carbocycles. The van der Waals surface area contributed by atoms with Crippen LogP contribution >= 0.6 is 0 Å². The van der Waals surface area contributed by atoms with Gasteiger partial charge in [0.2, 0.25) is 0 Å². The van der Waals surface area contributed by atoms with Crippen molar-refractivity contribution in [3.8, 4) is 29.5 Å². The minimum Gasteiger partial charge on any atom is -0.461 e. The number of benzene rings is 3. The molecule has 0 spiro atoms. The second-order valence-corrected chi connectivity index (χ2v) is 14.2. The van der Waals surface area contributed by atoms with Crippen molar-refractivity contribution in [3.05, 3.63) is 59.3 Å². The summed E-state index contributed by atoms with van der Waals surface area (Å²) in [5, 5.41) is 10.3. The number of nitrogens with zero attached hydrogens (tertiary/aromatic N) is 6. The Bertz CT molecular complexity index is 2320. The van der Waals surface area contributed by atoms with Gasteiger partial charge in [-0.25, -0.2) is 8.78 Å². The lowest BCUT2D eigenvalue weighted by Gasteiger charge is -2.35. The van der Waals surface area contributed by atoms with E-state index >= 15 is 8.78 Å². The van der Waals surface area contributed by atoms with E-state index in [1.807, 2.05) is 4.90 Å². The molecule has 2 bridgehead atoms. The zero-order chi connectivity index (χ0) is 34.5. The smallest absolute Gasteiger partial charge is 0.319 e. The number of aryl methyl sites for hydroxylation is 1. The number of nitrogens with two attached hydrogens (primary N) is 1. The molecule has 5 aromatic rings. The van der Waals surface area contributed by atoms with Crippen molar-refractivity contribution in [2.75, 3.05) is 43.4 Å². The van der Waals surface area contributed by atoms with Gasteiger partial charge in [0.25, 0.3) is 6.08 Å². The summed E-state index contributed by atoms with van der Waals surface area (Å²) in [4.78, 5) is 13.8. The molecule has 9 rings (SSSR count). The highest BCUT2D eigenvalue weighted by Gasteiger charge is 2.48. The minimum absolute atomic E-state index is 0.00297. The van der Waals surface area contributed by atoms with Crippen molar-refractivity contribution in [1.82, 2.24) is 30.0 Å².